The van der Waals surface area contributed by atoms with Gasteiger partial charge in [0.25, 0.3) is 0 Å². The number of carboxylic acids is 1. The van der Waals surface area contributed by atoms with Crippen molar-refractivity contribution in [2.45, 2.75) is 12.6 Å². The van der Waals surface area contributed by atoms with Crippen molar-refractivity contribution in [3.63, 3.8) is 0 Å². The van der Waals surface area contributed by atoms with Gasteiger partial charge in [-0.3, -0.25) is 9.78 Å². The second-order valence-electron chi connectivity index (χ2n) is 4.30. The topological polar surface area (TPSA) is 50.2 Å². The van der Waals surface area contributed by atoms with Crippen LogP contribution in [0.2, 0.25) is 5.02 Å². The Morgan fingerprint density at radius 2 is 1.81 bits per heavy atom. The van der Waals surface area contributed by atoms with E-state index in [9.17, 15) is 18.0 Å². The van der Waals surface area contributed by atoms with Crippen LogP contribution in [-0.4, -0.2) is 16.1 Å². The Labute approximate surface area is 123 Å². The number of benzene rings is 1. The molecule has 0 saturated heterocycles. The summed E-state index contributed by atoms with van der Waals surface area (Å²) in [6, 6.07) is 6.04. The lowest BCUT2D eigenvalue weighted by Gasteiger charge is -2.08. The fourth-order valence-corrected chi connectivity index (χ4v) is 1.98. The molecular formula is C14H9ClF3NO2. The van der Waals surface area contributed by atoms with Crippen LogP contribution >= 0.6 is 11.6 Å². The number of alkyl halides is 3. The number of hydrogen-bond acceptors (Lipinski definition) is 2. The average Bonchev–Trinajstić information content (AvgIpc) is 2.40. The van der Waals surface area contributed by atoms with Crippen molar-refractivity contribution in [1.82, 2.24) is 4.98 Å². The molecule has 1 heterocycles. The number of hydrogen-bond donors (Lipinski definition) is 1. The van der Waals surface area contributed by atoms with Gasteiger partial charge in [-0.2, -0.15) is 13.2 Å². The van der Waals surface area contributed by atoms with Crippen molar-refractivity contribution < 1.29 is 23.1 Å². The highest BCUT2D eigenvalue weighted by Gasteiger charge is 2.29. The first kappa shape index (κ1) is 15.3. The minimum absolute atomic E-state index is 0.162. The summed E-state index contributed by atoms with van der Waals surface area (Å²) in [6.07, 6.45) is -3.32. The van der Waals surface area contributed by atoms with Crippen LogP contribution in [0.15, 0.2) is 36.5 Å². The van der Waals surface area contributed by atoms with Crippen molar-refractivity contribution >= 4 is 17.6 Å². The first-order valence-electron chi connectivity index (χ1n) is 5.81. The Kier molecular flexibility index (Phi) is 4.18. The Hall–Kier alpha value is -2.08. The molecule has 1 aromatic carbocycles. The summed E-state index contributed by atoms with van der Waals surface area (Å²) in [5, 5.41) is 8.84. The fraction of sp³-hybridized carbons (Fsp3) is 0.143. The molecule has 2 aromatic rings. The minimum Gasteiger partial charge on any atom is -0.481 e. The zero-order valence-corrected chi connectivity index (χ0v) is 11.2. The molecule has 0 fully saturated rings. The van der Waals surface area contributed by atoms with Gasteiger partial charge in [-0.1, -0.05) is 23.7 Å². The van der Waals surface area contributed by atoms with Crippen molar-refractivity contribution in [2.24, 2.45) is 0 Å². The molecule has 0 bridgehead atoms. The molecular weight excluding hydrogens is 307 g/mol. The SMILES string of the molecule is O=C(O)Cc1ncc(-c2ccc(C(F)(F)F)cc2)cc1Cl. The van der Waals surface area contributed by atoms with Gasteiger partial charge >= 0.3 is 12.1 Å². The number of carboxylic acid groups (broad SMARTS) is 1. The molecule has 0 aliphatic carbocycles. The van der Waals surface area contributed by atoms with Crippen LogP contribution in [-0.2, 0) is 17.4 Å². The summed E-state index contributed by atoms with van der Waals surface area (Å²) in [5.41, 5.74) is 0.495. The molecule has 110 valence electrons. The van der Waals surface area contributed by atoms with Crippen molar-refractivity contribution in [1.29, 1.82) is 0 Å². The van der Waals surface area contributed by atoms with Crippen LogP contribution in [0.4, 0.5) is 13.2 Å². The Morgan fingerprint density at radius 3 is 2.29 bits per heavy atom. The van der Waals surface area contributed by atoms with Gasteiger partial charge in [0.2, 0.25) is 0 Å². The van der Waals surface area contributed by atoms with E-state index in [1.54, 1.807) is 0 Å². The van der Waals surface area contributed by atoms with E-state index < -0.39 is 17.7 Å². The molecule has 0 saturated carbocycles. The maximum Gasteiger partial charge on any atom is 0.416 e. The van der Waals surface area contributed by atoms with E-state index in [1.807, 2.05) is 0 Å². The summed E-state index contributed by atoms with van der Waals surface area (Å²) >= 11 is 5.92. The molecule has 0 spiro atoms. The highest BCUT2D eigenvalue weighted by atomic mass is 35.5. The molecule has 1 aromatic heterocycles. The molecule has 21 heavy (non-hydrogen) atoms. The number of carbonyl (C=O) groups is 1. The van der Waals surface area contributed by atoms with E-state index in [1.165, 1.54) is 24.4 Å². The smallest absolute Gasteiger partial charge is 0.416 e. The number of aromatic nitrogens is 1. The average molecular weight is 316 g/mol. The van der Waals surface area contributed by atoms with E-state index in [2.05, 4.69) is 4.98 Å². The number of rotatable bonds is 3. The predicted octanol–water partition coefficient (Wildman–Crippen LogP) is 4.05. The highest BCUT2D eigenvalue weighted by molar-refractivity contribution is 6.31. The van der Waals surface area contributed by atoms with Crippen LogP contribution in [0.3, 0.4) is 0 Å². The zero-order chi connectivity index (χ0) is 15.6. The molecule has 0 aliphatic heterocycles. The molecule has 2 rings (SSSR count). The second kappa shape index (κ2) is 5.73. The normalized spacial score (nSPS) is 11.4. The quantitative estimate of drug-likeness (QED) is 0.929. The minimum atomic E-state index is -4.39. The predicted molar refractivity (Wildman–Crippen MR) is 71.0 cm³/mol. The first-order valence-corrected chi connectivity index (χ1v) is 6.19. The van der Waals surface area contributed by atoms with E-state index in [4.69, 9.17) is 16.7 Å². The standard InChI is InChI=1S/C14H9ClF3NO2/c15-11-5-9(7-19-12(11)6-13(20)21)8-1-3-10(4-2-8)14(16,17)18/h1-5,7H,6H2,(H,20,21). The van der Waals surface area contributed by atoms with Crippen LogP contribution in [0.25, 0.3) is 11.1 Å². The van der Waals surface area contributed by atoms with E-state index in [-0.39, 0.29) is 17.1 Å². The van der Waals surface area contributed by atoms with E-state index >= 15 is 0 Å². The number of halogens is 4. The monoisotopic (exact) mass is 315 g/mol. The Balaban J connectivity index is 2.30. The molecule has 3 nitrogen and oxygen atoms in total. The molecule has 0 radical (unpaired) electrons. The van der Waals surface area contributed by atoms with Crippen LogP contribution in [0.1, 0.15) is 11.3 Å². The summed E-state index contributed by atoms with van der Waals surface area (Å²) in [5.74, 6) is -1.06. The molecule has 1 N–H and O–H groups in total. The number of pyridine rings is 1. The summed E-state index contributed by atoms with van der Waals surface area (Å²) in [7, 11) is 0. The number of aliphatic carboxylic acids is 1. The van der Waals surface area contributed by atoms with Gasteiger partial charge in [-0.05, 0) is 23.8 Å². The van der Waals surface area contributed by atoms with E-state index in [0.29, 0.717) is 11.1 Å². The molecule has 0 aliphatic rings. The van der Waals surface area contributed by atoms with Crippen LogP contribution in [0.5, 0.6) is 0 Å². The lowest BCUT2D eigenvalue weighted by Crippen LogP contribution is -2.04. The summed E-state index contributed by atoms with van der Waals surface area (Å²) < 4.78 is 37.4. The van der Waals surface area contributed by atoms with Gasteiger partial charge in [0, 0.05) is 11.8 Å². The van der Waals surface area contributed by atoms with Crippen molar-refractivity contribution in [3.05, 3.63) is 52.8 Å². The van der Waals surface area contributed by atoms with Crippen LogP contribution < -0.4 is 0 Å². The number of nitrogens with zero attached hydrogens (tertiary/aromatic N) is 1. The van der Waals surface area contributed by atoms with Crippen LogP contribution in [0, 0.1) is 0 Å². The third-order valence-corrected chi connectivity index (χ3v) is 3.11. The maximum atomic E-state index is 12.5. The Bertz CT molecular complexity index is 669. The Morgan fingerprint density at radius 1 is 1.19 bits per heavy atom. The van der Waals surface area contributed by atoms with Gasteiger partial charge in [-0.15, -0.1) is 0 Å². The van der Waals surface area contributed by atoms with Gasteiger partial charge in [0.05, 0.1) is 22.7 Å². The highest BCUT2D eigenvalue weighted by Crippen LogP contribution is 2.31. The zero-order valence-electron chi connectivity index (χ0n) is 10.5. The first-order chi connectivity index (χ1) is 9.77. The van der Waals surface area contributed by atoms with Crippen molar-refractivity contribution in [3.8, 4) is 11.1 Å². The second-order valence-corrected chi connectivity index (χ2v) is 4.71. The van der Waals surface area contributed by atoms with Crippen molar-refractivity contribution in [2.75, 3.05) is 0 Å². The fourth-order valence-electron chi connectivity index (χ4n) is 1.75. The summed E-state index contributed by atoms with van der Waals surface area (Å²) in [6.45, 7) is 0. The molecule has 0 unspecified atom stereocenters. The largest absolute Gasteiger partial charge is 0.481 e. The van der Waals surface area contributed by atoms with Gasteiger partial charge in [-0.25, -0.2) is 0 Å². The van der Waals surface area contributed by atoms with Gasteiger partial charge in [0.1, 0.15) is 0 Å². The maximum absolute atomic E-state index is 12.5. The lowest BCUT2D eigenvalue weighted by molar-refractivity contribution is -0.138. The van der Waals surface area contributed by atoms with E-state index in [0.717, 1.165) is 12.1 Å². The summed E-state index contributed by atoms with van der Waals surface area (Å²) in [4.78, 5) is 14.5. The molecule has 0 atom stereocenters. The lowest BCUT2D eigenvalue weighted by atomic mass is 10.0. The van der Waals surface area contributed by atoms with Gasteiger partial charge in [0.15, 0.2) is 0 Å². The third kappa shape index (κ3) is 3.72. The molecule has 7 heteroatoms. The third-order valence-electron chi connectivity index (χ3n) is 2.78. The van der Waals surface area contributed by atoms with Gasteiger partial charge < -0.3 is 5.11 Å². The molecule has 0 amide bonds.